The number of furan rings is 1. The van der Waals surface area contributed by atoms with Gasteiger partial charge in [-0.05, 0) is 40.7 Å². The second-order valence-electron chi connectivity index (χ2n) is 3.77. The van der Waals surface area contributed by atoms with Gasteiger partial charge in [0.2, 0.25) is 5.88 Å². The molecule has 0 aliphatic rings. The molecule has 4 nitrogen and oxygen atoms in total. The van der Waals surface area contributed by atoms with Crippen molar-refractivity contribution in [2.45, 2.75) is 20.1 Å². The van der Waals surface area contributed by atoms with Crippen molar-refractivity contribution in [1.82, 2.24) is 10.3 Å². The third-order valence-corrected chi connectivity index (χ3v) is 2.82. The van der Waals surface area contributed by atoms with Gasteiger partial charge in [-0.3, -0.25) is 0 Å². The number of halogens is 1. The topological polar surface area (TPSA) is 47.3 Å². The Bertz CT molecular complexity index is 486. The van der Waals surface area contributed by atoms with E-state index in [0.29, 0.717) is 12.5 Å². The highest BCUT2D eigenvalue weighted by Crippen LogP contribution is 2.21. The Labute approximate surface area is 114 Å². The second-order valence-corrected chi connectivity index (χ2v) is 4.68. The van der Waals surface area contributed by atoms with Crippen molar-refractivity contribution in [2.24, 2.45) is 0 Å². The van der Waals surface area contributed by atoms with Crippen LogP contribution in [0.25, 0.3) is 0 Å². The van der Waals surface area contributed by atoms with Gasteiger partial charge in [0, 0.05) is 22.8 Å². The number of hydrogen-bond acceptors (Lipinski definition) is 4. The van der Waals surface area contributed by atoms with E-state index in [2.05, 4.69) is 33.2 Å². The molecule has 2 aromatic heterocycles. The van der Waals surface area contributed by atoms with E-state index in [1.165, 1.54) is 0 Å². The molecule has 0 unspecified atom stereocenters. The maximum Gasteiger partial charge on any atom is 0.218 e. The van der Waals surface area contributed by atoms with E-state index in [1.807, 2.05) is 18.2 Å². The summed E-state index contributed by atoms with van der Waals surface area (Å²) in [5.41, 5.74) is 1.03. The Balaban J connectivity index is 2.05. The van der Waals surface area contributed by atoms with Crippen molar-refractivity contribution in [1.29, 1.82) is 0 Å². The smallest absolute Gasteiger partial charge is 0.218 e. The van der Waals surface area contributed by atoms with E-state index in [0.717, 1.165) is 28.9 Å². The summed E-state index contributed by atoms with van der Waals surface area (Å²) in [7, 11) is 0. The van der Waals surface area contributed by atoms with Crippen molar-refractivity contribution in [3.63, 3.8) is 0 Å². The first kappa shape index (κ1) is 13.1. The number of ether oxygens (including phenoxy) is 1. The zero-order chi connectivity index (χ0) is 12.8. The molecule has 0 fully saturated rings. The highest BCUT2D eigenvalue weighted by Gasteiger charge is 2.07. The molecule has 96 valence electrons. The Morgan fingerprint density at radius 3 is 3.11 bits per heavy atom. The number of hydrogen-bond donors (Lipinski definition) is 1. The zero-order valence-electron chi connectivity index (χ0n) is 10.1. The van der Waals surface area contributed by atoms with Crippen LogP contribution in [0, 0.1) is 0 Å². The molecule has 2 heterocycles. The standard InChI is InChI=1S/C13H15BrN2O2/c1-2-15-7-10-6-11(14)8-16-13(10)18-9-12-4-3-5-17-12/h3-6,8,15H,2,7,9H2,1H3. The summed E-state index contributed by atoms with van der Waals surface area (Å²) < 4.78 is 11.8. The average molecular weight is 311 g/mol. The molecule has 2 rings (SSSR count). The van der Waals surface area contributed by atoms with E-state index in [1.54, 1.807) is 12.5 Å². The molecule has 2 aromatic rings. The highest BCUT2D eigenvalue weighted by molar-refractivity contribution is 9.10. The number of rotatable bonds is 6. The molecule has 18 heavy (non-hydrogen) atoms. The molecular formula is C13H15BrN2O2. The van der Waals surface area contributed by atoms with Crippen LogP contribution in [-0.4, -0.2) is 11.5 Å². The number of pyridine rings is 1. The minimum absolute atomic E-state index is 0.390. The molecular weight excluding hydrogens is 296 g/mol. The molecule has 0 amide bonds. The van der Waals surface area contributed by atoms with Crippen molar-refractivity contribution < 1.29 is 9.15 Å². The van der Waals surface area contributed by atoms with Crippen molar-refractivity contribution in [3.05, 3.63) is 46.5 Å². The molecule has 5 heteroatoms. The lowest BCUT2D eigenvalue weighted by Gasteiger charge is -2.10. The van der Waals surface area contributed by atoms with Gasteiger partial charge in [0.05, 0.1) is 6.26 Å². The second kappa shape index (κ2) is 6.56. The summed E-state index contributed by atoms with van der Waals surface area (Å²) in [6.07, 6.45) is 3.36. The van der Waals surface area contributed by atoms with Gasteiger partial charge in [-0.2, -0.15) is 0 Å². The van der Waals surface area contributed by atoms with Gasteiger partial charge in [0.1, 0.15) is 12.4 Å². The SMILES string of the molecule is CCNCc1cc(Br)cnc1OCc1ccco1. The normalized spacial score (nSPS) is 10.6. The molecule has 0 bridgehead atoms. The van der Waals surface area contributed by atoms with Gasteiger partial charge >= 0.3 is 0 Å². The molecule has 0 atom stereocenters. The maximum absolute atomic E-state index is 5.67. The van der Waals surface area contributed by atoms with Crippen LogP contribution in [0.2, 0.25) is 0 Å². The fourth-order valence-electron chi connectivity index (χ4n) is 1.52. The molecule has 0 radical (unpaired) electrons. The summed E-state index contributed by atoms with van der Waals surface area (Å²) >= 11 is 3.41. The third kappa shape index (κ3) is 3.58. The molecule has 0 saturated heterocycles. The summed E-state index contributed by atoms with van der Waals surface area (Å²) in [6, 6.07) is 5.73. The van der Waals surface area contributed by atoms with Gasteiger partial charge in [0.15, 0.2) is 0 Å². The van der Waals surface area contributed by atoms with E-state index in [9.17, 15) is 0 Å². The van der Waals surface area contributed by atoms with Gasteiger partial charge in [-0.1, -0.05) is 6.92 Å². The van der Waals surface area contributed by atoms with Gasteiger partial charge in [0.25, 0.3) is 0 Å². The first-order valence-corrected chi connectivity index (χ1v) is 6.59. The molecule has 0 aliphatic heterocycles. The van der Waals surface area contributed by atoms with Crippen LogP contribution >= 0.6 is 15.9 Å². The summed E-state index contributed by atoms with van der Waals surface area (Å²) in [4.78, 5) is 4.28. The first-order chi connectivity index (χ1) is 8.79. The fraction of sp³-hybridized carbons (Fsp3) is 0.308. The van der Waals surface area contributed by atoms with E-state index >= 15 is 0 Å². The van der Waals surface area contributed by atoms with Gasteiger partial charge < -0.3 is 14.5 Å². The van der Waals surface area contributed by atoms with Crippen LogP contribution in [0.15, 0.2) is 39.5 Å². The number of aromatic nitrogens is 1. The molecule has 0 aromatic carbocycles. The Morgan fingerprint density at radius 1 is 1.50 bits per heavy atom. The van der Waals surface area contributed by atoms with Gasteiger partial charge in [-0.25, -0.2) is 4.98 Å². The van der Waals surface area contributed by atoms with E-state index in [-0.39, 0.29) is 0 Å². The zero-order valence-corrected chi connectivity index (χ0v) is 11.7. The lowest BCUT2D eigenvalue weighted by molar-refractivity contribution is 0.257. The lowest BCUT2D eigenvalue weighted by Crippen LogP contribution is -2.13. The van der Waals surface area contributed by atoms with Crippen LogP contribution in [-0.2, 0) is 13.2 Å². The monoisotopic (exact) mass is 310 g/mol. The van der Waals surface area contributed by atoms with E-state index < -0.39 is 0 Å². The number of nitrogens with one attached hydrogen (secondary N) is 1. The molecule has 0 spiro atoms. The summed E-state index contributed by atoms with van der Waals surface area (Å²) in [5, 5.41) is 3.26. The van der Waals surface area contributed by atoms with Crippen LogP contribution in [0.4, 0.5) is 0 Å². The highest BCUT2D eigenvalue weighted by atomic mass is 79.9. The average Bonchev–Trinajstić information content (AvgIpc) is 2.88. The van der Waals surface area contributed by atoms with Crippen LogP contribution < -0.4 is 10.1 Å². The fourth-order valence-corrected chi connectivity index (χ4v) is 1.90. The largest absolute Gasteiger partial charge is 0.469 e. The van der Waals surface area contributed by atoms with Crippen LogP contribution in [0.3, 0.4) is 0 Å². The maximum atomic E-state index is 5.67. The third-order valence-electron chi connectivity index (χ3n) is 2.39. The molecule has 0 saturated carbocycles. The van der Waals surface area contributed by atoms with Crippen molar-refractivity contribution >= 4 is 15.9 Å². The Morgan fingerprint density at radius 2 is 2.39 bits per heavy atom. The lowest BCUT2D eigenvalue weighted by atomic mass is 10.2. The Kier molecular flexibility index (Phi) is 4.78. The van der Waals surface area contributed by atoms with Crippen molar-refractivity contribution in [2.75, 3.05) is 6.54 Å². The van der Waals surface area contributed by atoms with Gasteiger partial charge in [-0.15, -0.1) is 0 Å². The molecule has 1 N–H and O–H groups in total. The van der Waals surface area contributed by atoms with Crippen LogP contribution in [0.5, 0.6) is 5.88 Å². The minimum atomic E-state index is 0.390. The summed E-state index contributed by atoms with van der Waals surface area (Å²) in [5.74, 6) is 1.42. The minimum Gasteiger partial charge on any atom is -0.469 e. The Hall–Kier alpha value is -1.33. The quantitative estimate of drug-likeness (QED) is 0.890. The predicted molar refractivity (Wildman–Crippen MR) is 72.4 cm³/mol. The molecule has 0 aliphatic carbocycles. The summed E-state index contributed by atoms with van der Waals surface area (Å²) in [6.45, 7) is 4.09. The predicted octanol–water partition coefficient (Wildman–Crippen LogP) is 3.13. The van der Waals surface area contributed by atoms with Crippen LogP contribution in [0.1, 0.15) is 18.2 Å². The van der Waals surface area contributed by atoms with E-state index in [4.69, 9.17) is 9.15 Å². The number of nitrogens with zero attached hydrogens (tertiary/aromatic N) is 1. The first-order valence-electron chi connectivity index (χ1n) is 5.80. The van der Waals surface area contributed by atoms with Crippen molar-refractivity contribution in [3.8, 4) is 5.88 Å².